The average molecular weight is 234 g/mol. The second kappa shape index (κ2) is 5.52. The first-order valence-electron chi connectivity index (χ1n) is 6.23. The molecule has 3 heteroatoms. The van der Waals surface area contributed by atoms with Crippen LogP contribution in [0.25, 0.3) is 0 Å². The first kappa shape index (κ1) is 12.4. The summed E-state index contributed by atoms with van der Waals surface area (Å²) in [6.07, 6.45) is 1.14. The molecule has 0 bridgehead atoms. The molecule has 1 aliphatic rings. The molecular weight excluding hydrogens is 212 g/mol. The SMILES string of the molecule is CN(C)CCOc1cccc2c1CN(C)CC2. The van der Waals surface area contributed by atoms with E-state index in [9.17, 15) is 0 Å². The monoisotopic (exact) mass is 234 g/mol. The lowest BCUT2D eigenvalue weighted by Crippen LogP contribution is -2.27. The minimum absolute atomic E-state index is 0.757. The number of fused-ring (bicyclic) bond motifs is 1. The zero-order valence-corrected chi connectivity index (χ0v) is 11.1. The van der Waals surface area contributed by atoms with Gasteiger partial charge in [0.1, 0.15) is 12.4 Å². The summed E-state index contributed by atoms with van der Waals surface area (Å²) < 4.78 is 5.90. The van der Waals surface area contributed by atoms with Crippen molar-refractivity contribution in [1.29, 1.82) is 0 Å². The zero-order valence-electron chi connectivity index (χ0n) is 11.1. The first-order chi connectivity index (χ1) is 8.16. The molecule has 17 heavy (non-hydrogen) atoms. The molecule has 1 aliphatic heterocycles. The molecule has 0 aromatic heterocycles. The van der Waals surface area contributed by atoms with Crippen LogP contribution >= 0.6 is 0 Å². The molecule has 1 aromatic carbocycles. The van der Waals surface area contributed by atoms with Crippen LogP contribution in [0.4, 0.5) is 0 Å². The molecule has 3 nitrogen and oxygen atoms in total. The van der Waals surface area contributed by atoms with E-state index in [2.05, 4.69) is 49.1 Å². The maximum atomic E-state index is 5.90. The van der Waals surface area contributed by atoms with Crippen molar-refractivity contribution in [3.8, 4) is 5.75 Å². The minimum atomic E-state index is 0.757. The van der Waals surface area contributed by atoms with E-state index in [4.69, 9.17) is 4.74 Å². The summed E-state index contributed by atoms with van der Waals surface area (Å²) in [5.74, 6) is 1.07. The van der Waals surface area contributed by atoms with Crippen LogP contribution in [0.1, 0.15) is 11.1 Å². The lowest BCUT2D eigenvalue weighted by atomic mass is 9.99. The van der Waals surface area contributed by atoms with Gasteiger partial charge in [0.25, 0.3) is 0 Å². The number of hydrogen-bond acceptors (Lipinski definition) is 3. The Bertz CT molecular complexity index is 376. The molecule has 0 unspecified atom stereocenters. The van der Waals surface area contributed by atoms with Crippen LogP contribution in [-0.4, -0.2) is 50.6 Å². The molecule has 1 aromatic rings. The summed E-state index contributed by atoms with van der Waals surface area (Å²) in [6, 6.07) is 6.42. The van der Waals surface area contributed by atoms with Gasteiger partial charge in [-0.3, -0.25) is 0 Å². The number of benzene rings is 1. The Balaban J connectivity index is 2.06. The molecule has 94 valence electrons. The fraction of sp³-hybridized carbons (Fsp3) is 0.571. The van der Waals surface area contributed by atoms with Crippen LogP contribution in [0.15, 0.2) is 18.2 Å². The number of likely N-dealkylation sites (N-methyl/N-ethyl adjacent to an activating group) is 2. The summed E-state index contributed by atoms with van der Waals surface area (Å²) in [5.41, 5.74) is 2.82. The minimum Gasteiger partial charge on any atom is -0.492 e. The predicted molar refractivity (Wildman–Crippen MR) is 70.5 cm³/mol. The van der Waals surface area contributed by atoms with Crippen molar-refractivity contribution in [3.05, 3.63) is 29.3 Å². The molecule has 0 N–H and O–H groups in total. The van der Waals surface area contributed by atoms with E-state index < -0.39 is 0 Å². The van der Waals surface area contributed by atoms with Gasteiger partial charge in [-0.15, -0.1) is 0 Å². The smallest absolute Gasteiger partial charge is 0.124 e. The Kier molecular flexibility index (Phi) is 4.02. The predicted octanol–water partition coefficient (Wildman–Crippen LogP) is 1.61. The molecular formula is C14H22N2O. The van der Waals surface area contributed by atoms with E-state index in [-0.39, 0.29) is 0 Å². The van der Waals surface area contributed by atoms with Gasteiger partial charge < -0.3 is 14.5 Å². The Hall–Kier alpha value is -1.06. The van der Waals surface area contributed by atoms with Crippen LogP contribution in [0.5, 0.6) is 5.75 Å². The van der Waals surface area contributed by atoms with Crippen LogP contribution in [0, 0.1) is 0 Å². The zero-order chi connectivity index (χ0) is 12.3. The van der Waals surface area contributed by atoms with Gasteiger partial charge >= 0.3 is 0 Å². The molecule has 0 amide bonds. The molecule has 0 saturated carbocycles. The van der Waals surface area contributed by atoms with Crippen molar-refractivity contribution in [2.75, 3.05) is 40.8 Å². The number of rotatable bonds is 4. The molecule has 0 aliphatic carbocycles. The summed E-state index contributed by atoms with van der Waals surface area (Å²) in [6.45, 7) is 3.87. The van der Waals surface area contributed by atoms with Gasteiger partial charge in [-0.25, -0.2) is 0 Å². The number of ether oxygens (including phenoxy) is 1. The Morgan fingerprint density at radius 2 is 2.18 bits per heavy atom. The average Bonchev–Trinajstić information content (AvgIpc) is 2.29. The molecule has 0 atom stereocenters. The van der Waals surface area contributed by atoms with Crippen molar-refractivity contribution in [1.82, 2.24) is 9.80 Å². The third-order valence-corrected chi connectivity index (χ3v) is 3.22. The second-order valence-corrected chi connectivity index (χ2v) is 5.03. The van der Waals surface area contributed by atoms with Gasteiger partial charge in [-0.2, -0.15) is 0 Å². The molecule has 0 fully saturated rings. The third kappa shape index (κ3) is 3.20. The maximum Gasteiger partial charge on any atom is 0.124 e. The van der Waals surface area contributed by atoms with Crippen molar-refractivity contribution in [2.45, 2.75) is 13.0 Å². The fourth-order valence-electron chi connectivity index (χ4n) is 2.16. The van der Waals surface area contributed by atoms with E-state index in [0.29, 0.717) is 0 Å². The van der Waals surface area contributed by atoms with E-state index in [0.717, 1.165) is 38.4 Å². The van der Waals surface area contributed by atoms with Gasteiger partial charge in [0.15, 0.2) is 0 Å². The summed E-state index contributed by atoms with van der Waals surface area (Å²) in [4.78, 5) is 4.49. The largest absolute Gasteiger partial charge is 0.492 e. The van der Waals surface area contributed by atoms with Crippen molar-refractivity contribution >= 4 is 0 Å². The Labute approximate surface area is 104 Å². The van der Waals surface area contributed by atoms with Gasteiger partial charge in [0, 0.05) is 25.2 Å². The van der Waals surface area contributed by atoms with Gasteiger partial charge in [0.05, 0.1) is 0 Å². The summed E-state index contributed by atoms with van der Waals surface area (Å²) >= 11 is 0. The Morgan fingerprint density at radius 3 is 2.94 bits per heavy atom. The highest BCUT2D eigenvalue weighted by molar-refractivity contribution is 5.41. The highest BCUT2D eigenvalue weighted by Gasteiger charge is 2.16. The Morgan fingerprint density at radius 1 is 1.35 bits per heavy atom. The van der Waals surface area contributed by atoms with Crippen LogP contribution in [0.3, 0.4) is 0 Å². The van der Waals surface area contributed by atoms with Crippen LogP contribution in [-0.2, 0) is 13.0 Å². The number of hydrogen-bond donors (Lipinski definition) is 0. The maximum absolute atomic E-state index is 5.90. The topological polar surface area (TPSA) is 15.7 Å². The lowest BCUT2D eigenvalue weighted by Gasteiger charge is -2.26. The molecule has 2 rings (SSSR count). The fourth-order valence-corrected chi connectivity index (χ4v) is 2.16. The van der Waals surface area contributed by atoms with E-state index in [1.165, 1.54) is 11.1 Å². The molecule has 1 heterocycles. The van der Waals surface area contributed by atoms with E-state index >= 15 is 0 Å². The van der Waals surface area contributed by atoms with Gasteiger partial charge in [0.2, 0.25) is 0 Å². The normalized spacial score (nSPS) is 16.0. The third-order valence-electron chi connectivity index (χ3n) is 3.22. The summed E-state index contributed by atoms with van der Waals surface area (Å²) in [7, 11) is 6.30. The molecule has 0 radical (unpaired) electrons. The van der Waals surface area contributed by atoms with Crippen molar-refractivity contribution in [2.24, 2.45) is 0 Å². The van der Waals surface area contributed by atoms with Crippen molar-refractivity contribution < 1.29 is 4.74 Å². The van der Waals surface area contributed by atoms with E-state index in [1.54, 1.807) is 0 Å². The highest BCUT2D eigenvalue weighted by atomic mass is 16.5. The lowest BCUT2D eigenvalue weighted by molar-refractivity contribution is 0.249. The van der Waals surface area contributed by atoms with Gasteiger partial charge in [-0.1, -0.05) is 12.1 Å². The summed E-state index contributed by atoms with van der Waals surface area (Å²) in [5, 5.41) is 0. The van der Waals surface area contributed by atoms with Crippen LogP contribution in [0.2, 0.25) is 0 Å². The number of nitrogens with zero attached hydrogens (tertiary/aromatic N) is 2. The highest BCUT2D eigenvalue weighted by Crippen LogP contribution is 2.27. The molecule has 0 spiro atoms. The van der Waals surface area contributed by atoms with Crippen molar-refractivity contribution in [3.63, 3.8) is 0 Å². The van der Waals surface area contributed by atoms with E-state index in [1.807, 2.05) is 0 Å². The first-order valence-corrected chi connectivity index (χ1v) is 6.23. The van der Waals surface area contributed by atoms with Gasteiger partial charge in [-0.05, 0) is 39.2 Å². The molecule has 0 saturated heterocycles. The second-order valence-electron chi connectivity index (χ2n) is 5.03. The quantitative estimate of drug-likeness (QED) is 0.787. The van der Waals surface area contributed by atoms with Crippen LogP contribution < -0.4 is 4.74 Å². The standard InChI is InChI=1S/C14H22N2O/c1-15(2)9-10-17-14-6-4-5-12-7-8-16(3)11-13(12)14/h4-6H,7-11H2,1-3H3.